The van der Waals surface area contributed by atoms with Crippen molar-refractivity contribution < 1.29 is 4.39 Å². The van der Waals surface area contributed by atoms with Crippen LogP contribution in [0.25, 0.3) is 0 Å². The van der Waals surface area contributed by atoms with E-state index in [0.717, 1.165) is 23.6 Å². The number of nitrogens with two attached hydrogens (primary N) is 1. The topological polar surface area (TPSA) is 38.0 Å². The Morgan fingerprint density at radius 2 is 2.00 bits per heavy atom. The fourth-order valence-corrected chi connectivity index (χ4v) is 3.62. The second-order valence-corrected chi connectivity index (χ2v) is 6.61. The molecule has 1 unspecified atom stereocenters. The van der Waals surface area contributed by atoms with Gasteiger partial charge in [0.25, 0.3) is 0 Å². The van der Waals surface area contributed by atoms with Crippen LogP contribution in [0.3, 0.4) is 0 Å². The molecule has 0 radical (unpaired) electrons. The number of rotatable bonds is 7. The van der Waals surface area contributed by atoms with Crippen molar-refractivity contribution in [3.8, 4) is 0 Å². The molecule has 0 aromatic heterocycles. The van der Waals surface area contributed by atoms with Crippen LogP contribution in [0.15, 0.2) is 42.5 Å². The van der Waals surface area contributed by atoms with Crippen LogP contribution >= 0.6 is 23.4 Å². The van der Waals surface area contributed by atoms with E-state index in [9.17, 15) is 4.39 Å². The molecule has 22 heavy (non-hydrogen) atoms. The smallest absolute Gasteiger partial charge is 0.127 e. The first-order valence-corrected chi connectivity index (χ1v) is 8.68. The summed E-state index contributed by atoms with van der Waals surface area (Å²) >= 11 is 7.88. The maximum absolute atomic E-state index is 14.2. The third-order valence-electron chi connectivity index (χ3n) is 3.49. The predicted molar refractivity (Wildman–Crippen MR) is 95.4 cm³/mol. The maximum atomic E-state index is 14.2. The number of thioether (sulfide) groups is 1. The molecule has 0 aliphatic rings. The lowest BCUT2D eigenvalue weighted by Crippen LogP contribution is -2.13. The Bertz CT molecular complexity index is 621. The molecule has 2 nitrogen and oxygen atoms in total. The van der Waals surface area contributed by atoms with Gasteiger partial charge in [0.05, 0.1) is 0 Å². The van der Waals surface area contributed by atoms with E-state index in [1.54, 1.807) is 30.0 Å². The lowest BCUT2D eigenvalue weighted by molar-refractivity contribution is 0.604. The Morgan fingerprint density at radius 3 is 2.73 bits per heavy atom. The van der Waals surface area contributed by atoms with E-state index in [4.69, 9.17) is 17.3 Å². The SMILES string of the molecule is CNCCSCC(c1cc(Cl)ccc1N)c1ccccc1F. The molecule has 2 rings (SSSR count). The predicted octanol–water partition coefficient (Wildman–Crippen LogP) is 4.15. The van der Waals surface area contributed by atoms with Crippen molar-refractivity contribution in [1.82, 2.24) is 5.32 Å². The second kappa shape index (κ2) is 8.42. The zero-order valence-electron chi connectivity index (χ0n) is 12.5. The van der Waals surface area contributed by atoms with E-state index in [2.05, 4.69) is 5.32 Å². The third kappa shape index (κ3) is 4.38. The van der Waals surface area contributed by atoms with Crippen molar-refractivity contribution in [2.75, 3.05) is 30.8 Å². The lowest BCUT2D eigenvalue weighted by Gasteiger charge is -2.20. The van der Waals surface area contributed by atoms with Crippen LogP contribution in [0.1, 0.15) is 17.0 Å². The molecule has 3 N–H and O–H groups in total. The van der Waals surface area contributed by atoms with Gasteiger partial charge in [-0.3, -0.25) is 0 Å². The number of halogens is 2. The highest BCUT2D eigenvalue weighted by atomic mass is 35.5. The van der Waals surface area contributed by atoms with Crippen molar-refractivity contribution in [3.63, 3.8) is 0 Å². The first kappa shape index (κ1) is 17.1. The summed E-state index contributed by atoms with van der Waals surface area (Å²) in [7, 11) is 1.92. The fourth-order valence-electron chi connectivity index (χ4n) is 2.33. The van der Waals surface area contributed by atoms with Crippen molar-refractivity contribution in [1.29, 1.82) is 0 Å². The second-order valence-electron chi connectivity index (χ2n) is 5.03. The molecule has 2 aromatic rings. The van der Waals surface area contributed by atoms with Crippen molar-refractivity contribution in [2.24, 2.45) is 0 Å². The Morgan fingerprint density at radius 1 is 1.23 bits per heavy atom. The minimum atomic E-state index is -0.207. The number of benzene rings is 2. The van der Waals surface area contributed by atoms with Gasteiger partial charge in [-0.05, 0) is 42.4 Å². The summed E-state index contributed by atoms with van der Waals surface area (Å²) in [6, 6.07) is 12.2. The van der Waals surface area contributed by atoms with Gasteiger partial charge in [0.1, 0.15) is 5.82 Å². The molecule has 0 bridgehead atoms. The molecule has 5 heteroatoms. The number of hydrogen-bond acceptors (Lipinski definition) is 3. The molecule has 0 aliphatic carbocycles. The molecule has 0 amide bonds. The summed E-state index contributed by atoms with van der Waals surface area (Å²) in [6.07, 6.45) is 0. The quantitative estimate of drug-likeness (QED) is 0.588. The van der Waals surface area contributed by atoms with E-state index < -0.39 is 0 Å². The highest BCUT2D eigenvalue weighted by molar-refractivity contribution is 7.99. The summed E-state index contributed by atoms with van der Waals surface area (Å²) < 4.78 is 14.2. The normalized spacial score (nSPS) is 12.3. The summed E-state index contributed by atoms with van der Waals surface area (Å²) in [5.74, 6) is 1.40. The van der Waals surface area contributed by atoms with Crippen LogP contribution < -0.4 is 11.1 Å². The van der Waals surface area contributed by atoms with Crippen LogP contribution in [-0.2, 0) is 0 Å². The number of hydrogen-bond donors (Lipinski definition) is 2. The molecule has 0 fully saturated rings. The van der Waals surface area contributed by atoms with Gasteiger partial charge >= 0.3 is 0 Å². The van der Waals surface area contributed by atoms with Gasteiger partial charge in [0.15, 0.2) is 0 Å². The molecule has 2 aromatic carbocycles. The van der Waals surface area contributed by atoms with E-state index in [1.807, 2.05) is 25.2 Å². The van der Waals surface area contributed by atoms with E-state index in [1.165, 1.54) is 6.07 Å². The van der Waals surface area contributed by atoms with Crippen LogP contribution in [0, 0.1) is 5.82 Å². The molecule has 0 spiro atoms. The molecule has 0 heterocycles. The Balaban J connectivity index is 2.33. The third-order valence-corrected chi connectivity index (χ3v) is 4.78. The van der Waals surface area contributed by atoms with Gasteiger partial charge in [0, 0.05) is 34.7 Å². The molecule has 0 saturated heterocycles. The van der Waals surface area contributed by atoms with Gasteiger partial charge in [-0.2, -0.15) is 11.8 Å². The average molecular weight is 339 g/mol. The van der Waals surface area contributed by atoms with Gasteiger partial charge < -0.3 is 11.1 Å². The lowest BCUT2D eigenvalue weighted by atomic mass is 9.91. The summed E-state index contributed by atoms with van der Waals surface area (Å²) in [5.41, 5.74) is 8.30. The Kier molecular flexibility index (Phi) is 6.55. The minimum Gasteiger partial charge on any atom is -0.398 e. The minimum absolute atomic E-state index is 0.109. The largest absolute Gasteiger partial charge is 0.398 e. The fraction of sp³-hybridized carbons (Fsp3) is 0.294. The summed E-state index contributed by atoms with van der Waals surface area (Å²) in [6.45, 7) is 0.916. The van der Waals surface area contributed by atoms with Gasteiger partial charge in [0.2, 0.25) is 0 Å². The van der Waals surface area contributed by atoms with Crippen LogP contribution in [-0.4, -0.2) is 25.1 Å². The van der Waals surface area contributed by atoms with Crippen LogP contribution in [0.5, 0.6) is 0 Å². The van der Waals surface area contributed by atoms with Gasteiger partial charge in [-0.1, -0.05) is 29.8 Å². The van der Waals surface area contributed by atoms with Crippen LogP contribution in [0.4, 0.5) is 10.1 Å². The highest BCUT2D eigenvalue weighted by Gasteiger charge is 2.20. The number of anilines is 1. The molecule has 1 atom stereocenters. The van der Waals surface area contributed by atoms with E-state index in [0.29, 0.717) is 16.3 Å². The Labute approximate surface area is 140 Å². The zero-order chi connectivity index (χ0) is 15.9. The first-order valence-electron chi connectivity index (χ1n) is 7.15. The van der Waals surface area contributed by atoms with Crippen molar-refractivity contribution in [3.05, 3.63) is 64.4 Å². The van der Waals surface area contributed by atoms with E-state index >= 15 is 0 Å². The number of nitrogens with one attached hydrogen (secondary N) is 1. The Hall–Kier alpha value is -1.23. The molecule has 118 valence electrons. The monoisotopic (exact) mass is 338 g/mol. The van der Waals surface area contributed by atoms with Crippen molar-refractivity contribution >= 4 is 29.1 Å². The molecular weight excluding hydrogens is 319 g/mol. The molecular formula is C17H20ClFN2S. The summed E-state index contributed by atoms with van der Waals surface area (Å²) in [4.78, 5) is 0. The summed E-state index contributed by atoms with van der Waals surface area (Å²) in [5, 5.41) is 3.73. The van der Waals surface area contributed by atoms with Crippen LogP contribution in [0.2, 0.25) is 5.02 Å². The van der Waals surface area contributed by atoms with Crippen molar-refractivity contribution in [2.45, 2.75) is 5.92 Å². The van der Waals surface area contributed by atoms with Gasteiger partial charge in [-0.25, -0.2) is 4.39 Å². The molecule has 0 saturated carbocycles. The van der Waals surface area contributed by atoms with E-state index in [-0.39, 0.29) is 11.7 Å². The standard InChI is InChI=1S/C17H20ClFN2S/c1-21-8-9-22-11-15(13-4-2-3-5-16(13)19)14-10-12(18)6-7-17(14)20/h2-7,10,15,21H,8-9,11,20H2,1H3. The maximum Gasteiger partial charge on any atom is 0.127 e. The number of nitrogen functional groups attached to an aromatic ring is 1. The average Bonchev–Trinajstić information content (AvgIpc) is 2.51. The van der Waals surface area contributed by atoms with Gasteiger partial charge in [-0.15, -0.1) is 0 Å². The highest BCUT2D eigenvalue weighted by Crippen LogP contribution is 2.34. The first-order chi connectivity index (χ1) is 10.6. The molecule has 0 aliphatic heterocycles. The zero-order valence-corrected chi connectivity index (χ0v) is 14.1.